The van der Waals surface area contributed by atoms with Gasteiger partial charge in [-0.25, -0.2) is 0 Å². The fourth-order valence-corrected chi connectivity index (χ4v) is 4.28. The maximum atomic E-state index is 12.6. The van der Waals surface area contributed by atoms with Crippen LogP contribution in [0.3, 0.4) is 0 Å². The summed E-state index contributed by atoms with van der Waals surface area (Å²) in [6.07, 6.45) is -0.416. The summed E-state index contributed by atoms with van der Waals surface area (Å²) < 4.78 is 10.9. The predicted molar refractivity (Wildman–Crippen MR) is 93.0 cm³/mol. The Kier molecular flexibility index (Phi) is 4.59. The van der Waals surface area contributed by atoms with E-state index in [9.17, 15) is 18.9 Å². The molecule has 0 unspecified atom stereocenters. The van der Waals surface area contributed by atoms with Crippen LogP contribution in [-0.4, -0.2) is 51.5 Å². The van der Waals surface area contributed by atoms with E-state index in [-0.39, 0.29) is 29.4 Å². The van der Waals surface area contributed by atoms with Gasteiger partial charge in [0.2, 0.25) is 0 Å². The molecule has 3 amide bonds. The van der Waals surface area contributed by atoms with E-state index in [1.807, 2.05) is 0 Å². The number of fused-ring (bicyclic) bond motifs is 1. The second kappa shape index (κ2) is 6.42. The van der Waals surface area contributed by atoms with Crippen LogP contribution in [0.2, 0.25) is 0 Å². The van der Waals surface area contributed by atoms with Gasteiger partial charge in [-0.2, -0.15) is 0 Å². The zero-order chi connectivity index (χ0) is 18.4. The highest BCUT2D eigenvalue weighted by molar-refractivity contribution is 8.18. The first-order valence-electron chi connectivity index (χ1n) is 7.40. The molecule has 0 radical (unpaired) electrons. The second-order valence-electron chi connectivity index (χ2n) is 5.65. The quantitative estimate of drug-likeness (QED) is 0.601. The van der Waals surface area contributed by atoms with Gasteiger partial charge in [0.1, 0.15) is 0 Å². The summed E-state index contributed by atoms with van der Waals surface area (Å²) in [6, 6.07) is 6.99. The standard InChI is InChI=1S/C15H15N2O6PS/c1-16-10-6-3-2-5-9(10)11(13(16)18)12-14(19)17(15(20)25-12)7-4-8-24(21,22)23/h2-3,5-6H,4,7-8H2,1H3,(H2,21,22,23)/b12-11-. The number of thioether (sulfide) groups is 1. The molecule has 25 heavy (non-hydrogen) atoms. The number of carbonyl (C=O) groups is 3. The minimum atomic E-state index is -4.19. The van der Waals surface area contributed by atoms with E-state index in [2.05, 4.69) is 0 Å². The molecule has 0 saturated carbocycles. The van der Waals surface area contributed by atoms with E-state index < -0.39 is 24.9 Å². The van der Waals surface area contributed by atoms with Crippen molar-refractivity contribution in [2.75, 3.05) is 24.7 Å². The maximum absolute atomic E-state index is 12.6. The fraction of sp³-hybridized carbons (Fsp3) is 0.267. The Morgan fingerprint density at radius 1 is 1.12 bits per heavy atom. The van der Waals surface area contributed by atoms with Gasteiger partial charge in [-0.1, -0.05) is 18.2 Å². The number of benzene rings is 1. The molecule has 0 bridgehead atoms. The number of likely N-dealkylation sites (N-methyl/N-ethyl adjacent to an activating group) is 1. The number of imide groups is 1. The van der Waals surface area contributed by atoms with Gasteiger partial charge in [-0.15, -0.1) is 0 Å². The topological polar surface area (TPSA) is 115 Å². The lowest BCUT2D eigenvalue weighted by Crippen LogP contribution is -2.30. The summed E-state index contributed by atoms with van der Waals surface area (Å²) in [7, 11) is -2.59. The molecule has 10 heteroatoms. The molecule has 0 spiro atoms. The number of hydrogen-bond acceptors (Lipinski definition) is 5. The van der Waals surface area contributed by atoms with Gasteiger partial charge in [0.25, 0.3) is 17.1 Å². The van der Waals surface area contributed by atoms with E-state index in [1.54, 1.807) is 31.3 Å². The Morgan fingerprint density at radius 3 is 2.48 bits per heavy atom. The summed E-state index contributed by atoms with van der Waals surface area (Å²) in [6.45, 7) is -0.0990. The minimum Gasteiger partial charge on any atom is -0.324 e. The molecule has 1 fully saturated rings. The van der Waals surface area contributed by atoms with Gasteiger partial charge in [-0.05, 0) is 24.2 Å². The van der Waals surface area contributed by atoms with Crippen molar-refractivity contribution in [3.63, 3.8) is 0 Å². The zero-order valence-electron chi connectivity index (χ0n) is 13.2. The number of carbonyl (C=O) groups excluding carboxylic acids is 3. The summed E-state index contributed by atoms with van der Waals surface area (Å²) in [5.41, 5.74) is 1.45. The number of hydrogen-bond donors (Lipinski definition) is 2. The van der Waals surface area contributed by atoms with Crippen molar-refractivity contribution in [1.29, 1.82) is 0 Å². The lowest BCUT2D eigenvalue weighted by molar-refractivity contribution is -0.123. The SMILES string of the molecule is CN1C(=O)/C(=C2\SC(=O)N(CCCP(=O)(O)O)C2=O)c2ccccc21. The molecule has 3 rings (SSSR count). The monoisotopic (exact) mass is 382 g/mol. The van der Waals surface area contributed by atoms with Crippen LogP contribution in [0.4, 0.5) is 10.5 Å². The van der Waals surface area contributed by atoms with E-state index in [4.69, 9.17) is 9.79 Å². The van der Waals surface area contributed by atoms with Crippen LogP contribution in [0, 0.1) is 0 Å². The van der Waals surface area contributed by atoms with E-state index >= 15 is 0 Å². The third-order valence-corrected chi connectivity index (χ3v) is 5.84. The highest BCUT2D eigenvalue weighted by Crippen LogP contribution is 2.44. The molecule has 1 saturated heterocycles. The van der Waals surface area contributed by atoms with Crippen LogP contribution >= 0.6 is 19.4 Å². The molecule has 0 aliphatic carbocycles. The van der Waals surface area contributed by atoms with Crippen molar-refractivity contribution < 1.29 is 28.7 Å². The van der Waals surface area contributed by atoms with Gasteiger partial charge in [0.05, 0.1) is 22.3 Å². The van der Waals surface area contributed by atoms with Crippen molar-refractivity contribution in [1.82, 2.24) is 4.90 Å². The summed E-state index contributed by atoms with van der Waals surface area (Å²) in [4.78, 5) is 57.4. The number of rotatable bonds is 4. The first-order chi connectivity index (χ1) is 11.7. The summed E-state index contributed by atoms with van der Waals surface area (Å²) in [5.74, 6) is -0.962. The minimum absolute atomic E-state index is 0.00460. The van der Waals surface area contributed by atoms with Crippen LogP contribution in [0.25, 0.3) is 5.57 Å². The summed E-state index contributed by atoms with van der Waals surface area (Å²) >= 11 is 0.682. The number of para-hydroxylation sites is 1. The molecule has 1 aromatic carbocycles. The normalized spacial score (nSPS) is 20.7. The average molecular weight is 382 g/mol. The number of anilines is 1. The van der Waals surface area contributed by atoms with Crippen molar-refractivity contribution in [2.45, 2.75) is 6.42 Å². The Labute approximate surface area is 147 Å². The van der Waals surface area contributed by atoms with Gasteiger partial charge in [-0.3, -0.25) is 23.8 Å². The zero-order valence-corrected chi connectivity index (χ0v) is 14.9. The third-order valence-electron chi connectivity index (χ3n) is 3.96. The lowest BCUT2D eigenvalue weighted by atomic mass is 10.1. The van der Waals surface area contributed by atoms with Crippen LogP contribution in [0.5, 0.6) is 0 Å². The van der Waals surface area contributed by atoms with E-state index in [0.29, 0.717) is 23.0 Å². The molecule has 0 aromatic heterocycles. The summed E-state index contributed by atoms with van der Waals surface area (Å²) in [5, 5.41) is -0.543. The molecule has 2 aliphatic rings. The van der Waals surface area contributed by atoms with Crippen LogP contribution in [0.1, 0.15) is 12.0 Å². The van der Waals surface area contributed by atoms with Crippen LogP contribution in [0.15, 0.2) is 29.2 Å². The molecule has 8 nitrogen and oxygen atoms in total. The molecule has 0 atom stereocenters. The Hall–Kier alpha value is -1.93. The molecule has 132 valence electrons. The lowest BCUT2D eigenvalue weighted by Gasteiger charge is -2.12. The molecule has 2 N–H and O–H groups in total. The van der Waals surface area contributed by atoms with Gasteiger partial charge >= 0.3 is 7.60 Å². The first-order valence-corrected chi connectivity index (χ1v) is 10.0. The van der Waals surface area contributed by atoms with E-state index in [1.165, 1.54) is 4.90 Å². The van der Waals surface area contributed by atoms with Gasteiger partial charge in [0.15, 0.2) is 0 Å². The molecular weight excluding hydrogens is 367 g/mol. The second-order valence-corrected chi connectivity index (χ2v) is 8.39. The Balaban J connectivity index is 1.90. The van der Waals surface area contributed by atoms with Crippen molar-refractivity contribution in [3.05, 3.63) is 34.7 Å². The Bertz CT molecular complexity index is 861. The molecule has 1 aromatic rings. The molecule has 2 heterocycles. The van der Waals surface area contributed by atoms with Crippen molar-refractivity contribution in [2.24, 2.45) is 0 Å². The number of amides is 3. The van der Waals surface area contributed by atoms with Crippen molar-refractivity contribution >= 4 is 47.7 Å². The van der Waals surface area contributed by atoms with Gasteiger partial charge in [0, 0.05) is 19.2 Å². The largest absolute Gasteiger partial charge is 0.325 e. The number of nitrogens with zero attached hydrogens (tertiary/aromatic N) is 2. The first kappa shape index (κ1) is 17.9. The highest BCUT2D eigenvalue weighted by atomic mass is 32.2. The fourth-order valence-electron chi connectivity index (χ4n) is 2.77. The predicted octanol–water partition coefficient (Wildman–Crippen LogP) is 1.64. The maximum Gasteiger partial charge on any atom is 0.325 e. The van der Waals surface area contributed by atoms with Gasteiger partial charge < -0.3 is 14.7 Å². The average Bonchev–Trinajstić information content (AvgIpc) is 2.95. The Morgan fingerprint density at radius 2 is 1.80 bits per heavy atom. The van der Waals surface area contributed by atoms with Crippen molar-refractivity contribution in [3.8, 4) is 0 Å². The molecular formula is C15H15N2O6PS. The molecule has 2 aliphatic heterocycles. The third kappa shape index (κ3) is 3.28. The van der Waals surface area contributed by atoms with Crippen LogP contribution < -0.4 is 4.90 Å². The van der Waals surface area contributed by atoms with Crippen LogP contribution in [-0.2, 0) is 14.2 Å². The smallest absolute Gasteiger partial charge is 0.324 e. The highest BCUT2D eigenvalue weighted by Gasteiger charge is 2.42. The van der Waals surface area contributed by atoms with E-state index in [0.717, 1.165) is 4.90 Å².